The Morgan fingerprint density at radius 1 is 0.833 bits per heavy atom. The van der Waals surface area contributed by atoms with Crippen LogP contribution in [0, 0.1) is 0 Å². The van der Waals surface area contributed by atoms with Crippen LogP contribution < -0.4 is 4.74 Å². The van der Waals surface area contributed by atoms with E-state index in [4.69, 9.17) is 16.3 Å². The lowest BCUT2D eigenvalue weighted by Gasteiger charge is -2.09. The Morgan fingerprint density at radius 3 is 1.92 bits per heavy atom. The third-order valence-electron chi connectivity index (χ3n) is 3.90. The Balaban J connectivity index is 1.65. The maximum absolute atomic E-state index is 9.57. The van der Waals surface area contributed by atoms with Gasteiger partial charge in [-0.1, -0.05) is 60.1 Å². The van der Waals surface area contributed by atoms with Crippen molar-refractivity contribution in [2.24, 2.45) is 0 Å². The molecule has 2 nitrogen and oxygen atoms in total. The van der Waals surface area contributed by atoms with Crippen molar-refractivity contribution >= 4 is 11.6 Å². The number of aliphatic hydroxyl groups excluding tert-OH is 1. The summed E-state index contributed by atoms with van der Waals surface area (Å²) < 4.78 is 5.80. The Hall–Kier alpha value is -2.29. The smallest absolute Gasteiger partial charge is 0.119 e. The van der Waals surface area contributed by atoms with E-state index >= 15 is 0 Å². The fraction of sp³-hybridized carbons (Fsp3) is 0.143. The second-order valence-electron chi connectivity index (χ2n) is 5.74. The van der Waals surface area contributed by atoms with Gasteiger partial charge < -0.3 is 9.84 Å². The first-order valence-electron chi connectivity index (χ1n) is 7.87. The monoisotopic (exact) mass is 338 g/mol. The molecule has 0 bridgehead atoms. The Kier molecular flexibility index (Phi) is 5.19. The van der Waals surface area contributed by atoms with Crippen molar-refractivity contribution < 1.29 is 9.84 Å². The standard InChI is InChI=1S/C21H19ClO2/c1-15(23)17-4-6-18(7-5-17)19-8-12-21(13-9-19)24-14-16-2-10-20(22)11-3-16/h2-13,15,23H,14H2,1H3. The van der Waals surface area contributed by atoms with Crippen LogP contribution >= 0.6 is 11.6 Å². The molecular formula is C21H19ClO2. The molecule has 24 heavy (non-hydrogen) atoms. The van der Waals surface area contributed by atoms with Gasteiger partial charge in [-0.2, -0.15) is 0 Å². The van der Waals surface area contributed by atoms with Gasteiger partial charge in [-0.3, -0.25) is 0 Å². The summed E-state index contributed by atoms with van der Waals surface area (Å²) in [4.78, 5) is 0. The van der Waals surface area contributed by atoms with E-state index in [1.54, 1.807) is 6.92 Å². The molecule has 0 aliphatic carbocycles. The molecule has 1 atom stereocenters. The van der Waals surface area contributed by atoms with Crippen molar-refractivity contribution in [3.05, 3.63) is 88.9 Å². The van der Waals surface area contributed by atoms with E-state index < -0.39 is 6.10 Å². The van der Waals surface area contributed by atoms with Crippen molar-refractivity contribution in [1.82, 2.24) is 0 Å². The number of hydrogen-bond acceptors (Lipinski definition) is 2. The van der Waals surface area contributed by atoms with Crippen LogP contribution in [0.2, 0.25) is 5.02 Å². The molecule has 122 valence electrons. The molecule has 3 rings (SSSR count). The first-order chi connectivity index (χ1) is 11.6. The molecular weight excluding hydrogens is 320 g/mol. The Labute approximate surface area is 147 Å². The highest BCUT2D eigenvalue weighted by Gasteiger charge is 2.03. The molecule has 0 fully saturated rings. The number of ether oxygens (including phenoxy) is 1. The van der Waals surface area contributed by atoms with Gasteiger partial charge in [0.05, 0.1) is 6.10 Å². The van der Waals surface area contributed by atoms with Gasteiger partial charge >= 0.3 is 0 Å². The summed E-state index contributed by atoms with van der Waals surface area (Å²) in [6, 6.07) is 23.6. The molecule has 0 aromatic heterocycles. The largest absolute Gasteiger partial charge is 0.489 e. The second kappa shape index (κ2) is 7.52. The van der Waals surface area contributed by atoms with Gasteiger partial charge in [0.2, 0.25) is 0 Å². The molecule has 0 heterocycles. The molecule has 3 aromatic rings. The van der Waals surface area contributed by atoms with Crippen molar-refractivity contribution in [2.45, 2.75) is 19.6 Å². The summed E-state index contributed by atoms with van der Waals surface area (Å²) in [5.74, 6) is 0.828. The highest BCUT2D eigenvalue weighted by Crippen LogP contribution is 2.24. The van der Waals surface area contributed by atoms with Gasteiger partial charge in [0.25, 0.3) is 0 Å². The van der Waals surface area contributed by atoms with Gasteiger partial charge in [0.15, 0.2) is 0 Å². The van der Waals surface area contributed by atoms with Crippen LogP contribution in [0.15, 0.2) is 72.8 Å². The summed E-state index contributed by atoms with van der Waals surface area (Å²) in [7, 11) is 0. The molecule has 0 aliphatic heterocycles. The molecule has 1 N–H and O–H groups in total. The summed E-state index contributed by atoms with van der Waals surface area (Å²) in [6.07, 6.45) is -0.442. The Bertz CT molecular complexity index is 776. The topological polar surface area (TPSA) is 29.5 Å². The molecule has 0 spiro atoms. The lowest BCUT2D eigenvalue weighted by molar-refractivity contribution is 0.199. The summed E-state index contributed by atoms with van der Waals surface area (Å²) in [5, 5.41) is 10.3. The maximum Gasteiger partial charge on any atom is 0.119 e. The van der Waals surface area contributed by atoms with E-state index in [9.17, 15) is 5.11 Å². The van der Waals surface area contributed by atoms with Crippen molar-refractivity contribution in [2.75, 3.05) is 0 Å². The first kappa shape index (κ1) is 16.6. The SMILES string of the molecule is CC(O)c1ccc(-c2ccc(OCc3ccc(Cl)cc3)cc2)cc1. The van der Waals surface area contributed by atoms with Crippen molar-refractivity contribution in [3.63, 3.8) is 0 Å². The predicted octanol–water partition coefficient (Wildman–Crippen LogP) is 5.64. The third-order valence-corrected chi connectivity index (χ3v) is 4.15. The van der Waals surface area contributed by atoms with E-state index in [1.165, 1.54) is 0 Å². The highest BCUT2D eigenvalue weighted by molar-refractivity contribution is 6.30. The quantitative estimate of drug-likeness (QED) is 0.652. The van der Waals surface area contributed by atoms with E-state index in [0.29, 0.717) is 6.61 Å². The number of hydrogen-bond donors (Lipinski definition) is 1. The van der Waals surface area contributed by atoms with E-state index in [0.717, 1.165) is 33.0 Å². The van der Waals surface area contributed by atoms with E-state index in [2.05, 4.69) is 0 Å². The zero-order valence-corrected chi connectivity index (χ0v) is 14.2. The van der Waals surface area contributed by atoms with Gasteiger partial charge in [-0.25, -0.2) is 0 Å². The second-order valence-corrected chi connectivity index (χ2v) is 6.17. The number of halogens is 1. The van der Waals surface area contributed by atoms with Crippen LogP contribution in [0.1, 0.15) is 24.2 Å². The zero-order chi connectivity index (χ0) is 16.9. The fourth-order valence-corrected chi connectivity index (χ4v) is 2.57. The average molecular weight is 339 g/mol. The molecule has 0 radical (unpaired) electrons. The summed E-state index contributed by atoms with van der Waals surface area (Å²) in [6.45, 7) is 2.28. The average Bonchev–Trinajstić information content (AvgIpc) is 2.62. The molecule has 1 unspecified atom stereocenters. The van der Waals surface area contributed by atoms with Crippen molar-refractivity contribution in [3.8, 4) is 16.9 Å². The van der Waals surface area contributed by atoms with E-state index in [-0.39, 0.29) is 0 Å². The van der Waals surface area contributed by atoms with Crippen LogP contribution in [-0.2, 0) is 6.61 Å². The number of aliphatic hydroxyl groups is 1. The minimum atomic E-state index is -0.442. The summed E-state index contributed by atoms with van der Waals surface area (Å²) >= 11 is 5.88. The van der Waals surface area contributed by atoms with Crippen LogP contribution in [-0.4, -0.2) is 5.11 Å². The first-order valence-corrected chi connectivity index (χ1v) is 8.25. The van der Waals surface area contributed by atoms with E-state index in [1.807, 2.05) is 72.8 Å². The lowest BCUT2D eigenvalue weighted by atomic mass is 10.0. The highest BCUT2D eigenvalue weighted by atomic mass is 35.5. The predicted molar refractivity (Wildman–Crippen MR) is 98.3 cm³/mol. The van der Waals surface area contributed by atoms with Crippen LogP contribution in [0.5, 0.6) is 5.75 Å². The normalized spacial score (nSPS) is 12.0. The minimum absolute atomic E-state index is 0.442. The van der Waals surface area contributed by atoms with Crippen molar-refractivity contribution in [1.29, 1.82) is 0 Å². The van der Waals surface area contributed by atoms with Gasteiger partial charge in [-0.05, 0) is 53.4 Å². The maximum atomic E-state index is 9.57. The summed E-state index contributed by atoms with van der Waals surface area (Å²) in [5.41, 5.74) is 4.23. The number of benzene rings is 3. The third kappa shape index (κ3) is 4.16. The van der Waals surface area contributed by atoms with Crippen LogP contribution in [0.4, 0.5) is 0 Å². The zero-order valence-electron chi connectivity index (χ0n) is 13.4. The molecule has 0 saturated carbocycles. The Morgan fingerprint density at radius 2 is 1.38 bits per heavy atom. The minimum Gasteiger partial charge on any atom is -0.489 e. The van der Waals surface area contributed by atoms with Gasteiger partial charge in [0, 0.05) is 5.02 Å². The molecule has 3 aromatic carbocycles. The number of rotatable bonds is 5. The van der Waals surface area contributed by atoms with Gasteiger partial charge in [0.1, 0.15) is 12.4 Å². The molecule has 0 amide bonds. The fourth-order valence-electron chi connectivity index (χ4n) is 2.44. The molecule has 3 heteroatoms. The molecule has 0 aliphatic rings. The van der Waals surface area contributed by atoms with Crippen LogP contribution in [0.3, 0.4) is 0 Å². The molecule has 0 saturated heterocycles. The lowest BCUT2D eigenvalue weighted by Crippen LogP contribution is -1.95. The van der Waals surface area contributed by atoms with Gasteiger partial charge in [-0.15, -0.1) is 0 Å². The van der Waals surface area contributed by atoms with Crippen LogP contribution in [0.25, 0.3) is 11.1 Å².